The molecule has 0 atom stereocenters. The third-order valence-corrected chi connectivity index (χ3v) is 4.27. The van der Waals surface area contributed by atoms with E-state index in [9.17, 15) is 14.4 Å². The number of benzene rings is 1. The number of aromatic carboxylic acids is 2. The van der Waals surface area contributed by atoms with Gasteiger partial charge in [0.15, 0.2) is 5.17 Å². The second-order valence-electron chi connectivity index (χ2n) is 5.26. The molecule has 0 saturated carbocycles. The molecule has 1 saturated heterocycles. The number of carbonyl (C=O) groups is 3. The van der Waals surface area contributed by atoms with E-state index in [4.69, 9.17) is 14.6 Å². The number of amidine groups is 1. The van der Waals surface area contributed by atoms with Gasteiger partial charge in [-0.15, -0.1) is 0 Å². The lowest BCUT2D eigenvalue weighted by atomic mass is 10.1. The van der Waals surface area contributed by atoms with Crippen LogP contribution in [-0.4, -0.2) is 33.2 Å². The van der Waals surface area contributed by atoms with E-state index in [1.807, 2.05) is 0 Å². The number of rotatable bonds is 5. The molecule has 2 aromatic rings. The van der Waals surface area contributed by atoms with Crippen molar-refractivity contribution in [3.8, 4) is 0 Å². The maximum absolute atomic E-state index is 12.0. The van der Waals surface area contributed by atoms with Gasteiger partial charge in [-0.1, -0.05) is 6.08 Å². The number of hydrogen-bond donors (Lipinski definition) is 3. The van der Waals surface area contributed by atoms with Crippen LogP contribution in [0.15, 0.2) is 63.1 Å². The van der Waals surface area contributed by atoms with Crippen molar-refractivity contribution in [1.82, 2.24) is 5.32 Å². The van der Waals surface area contributed by atoms with Gasteiger partial charge in [0.2, 0.25) is 0 Å². The number of carbonyl (C=O) groups excluding carboxylic acids is 1. The number of carboxylic acids is 2. The molecule has 3 N–H and O–H groups in total. The first-order valence-corrected chi connectivity index (χ1v) is 8.35. The summed E-state index contributed by atoms with van der Waals surface area (Å²) in [6.07, 6.45) is 6.45. The fourth-order valence-electron chi connectivity index (χ4n) is 2.15. The molecular weight excluding hydrogens is 372 g/mol. The number of nitrogens with one attached hydrogen (secondary N) is 1. The van der Waals surface area contributed by atoms with Crippen LogP contribution < -0.4 is 5.32 Å². The van der Waals surface area contributed by atoms with Gasteiger partial charge in [-0.25, -0.2) is 14.6 Å². The normalized spacial score (nSPS) is 17.0. The Balaban J connectivity index is 1.83. The predicted molar refractivity (Wildman–Crippen MR) is 99.0 cm³/mol. The number of hydrogen-bond acceptors (Lipinski definition) is 6. The van der Waals surface area contributed by atoms with Crippen LogP contribution in [0.4, 0.5) is 5.69 Å². The van der Waals surface area contributed by atoms with E-state index in [2.05, 4.69) is 10.3 Å². The van der Waals surface area contributed by atoms with E-state index >= 15 is 0 Å². The lowest BCUT2D eigenvalue weighted by Crippen LogP contribution is -2.19. The predicted octanol–water partition coefficient (Wildman–Crippen LogP) is 3.12. The molecule has 2 heterocycles. The number of aliphatic imine (C=N–C) groups is 1. The fourth-order valence-corrected chi connectivity index (χ4v) is 2.95. The zero-order chi connectivity index (χ0) is 19.4. The Hall–Kier alpha value is -3.59. The molecule has 1 aromatic carbocycles. The molecule has 0 bridgehead atoms. The Labute approximate surface area is 156 Å². The second-order valence-corrected chi connectivity index (χ2v) is 6.29. The molecule has 0 unspecified atom stereocenters. The van der Waals surface area contributed by atoms with Gasteiger partial charge < -0.3 is 19.9 Å². The summed E-state index contributed by atoms with van der Waals surface area (Å²) in [5.41, 5.74) is -0.302. The lowest BCUT2D eigenvalue weighted by molar-refractivity contribution is -0.115. The maximum Gasteiger partial charge on any atom is 0.335 e. The number of carboxylic acid groups (broad SMARTS) is 2. The third kappa shape index (κ3) is 4.53. The van der Waals surface area contributed by atoms with Crippen LogP contribution in [0.3, 0.4) is 0 Å². The molecule has 8 nitrogen and oxygen atoms in total. The van der Waals surface area contributed by atoms with Gasteiger partial charge >= 0.3 is 11.9 Å². The summed E-state index contributed by atoms with van der Waals surface area (Å²) in [6, 6.07) is 7.00. The Kier molecular flexibility index (Phi) is 5.23. The van der Waals surface area contributed by atoms with Crippen LogP contribution in [0.1, 0.15) is 26.5 Å². The Morgan fingerprint density at radius 1 is 1.15 bits per heavy atom. The minimum Gasteiger partial charge on any atom is -0.478 e. The summed E-state index contributed by atoms with van der Waals surface area (Å²) in [6.45, 7) is 0. The van der Waals surface area contributed by atoms with Gasteiger partial charge in [0.25, 0.3) is 5.91 Å². The minimum atomic E-state index is -1.27. The van der Waals surface area contributed by atoms with Gasteiger partial charge in [-0.2, -0.15) is 0 Å². The second kappa shape index (κ2) is 7.75. The summed E-state index contributed by atoms with van der Waals surface area (Å²) < 4.78 is 5.14. The zero-order valence-electron chi connectivity index (χ0n) is 13.6. The molecule has 1 amide bonds. The number of nitrogens with zero attached hydrogens (tertiary/aromatic N) is 1. The molecule has 1 aromatic heterocycles. The van der Waals surface area contributed by atoms with Crippen LogP contribution in [0, 0.1) is 0 Å². The highest BCUT2D eigenvalue weighted by atomic mass is 32.2. The van der Waals surface area contributed by atoms with Crippen molar-refractivity contribution >= 4 is 46.5 Å². The number of amides is 1. The Morgan fingerprint density at radius 2 is 1.85 bits per heavy atom. The summed E-state index contributed by atoms with van der Waals surface area (Å²) in [5, 5.41) is 21.0. The van der Waals surface area contributed by atoms with E-state index in [0.717, 1.165) is 17.8 Å². The van der Waals surface area contributed by atoms with Gasteiger partial charge in [0, 0.05) is 0 Å². The van der Waals surface area contributed by atoms with E-state index in [-0.39, 0.29) is 27.9 Å². The smallest absolute Gasteiger partial charge is 0.335 e. The van der Waals surface area contributed by atoms with E-state index in [1.165, 1.54) is 18.4 Å². The first-order valence-electron chi connectivity index (χ1n) is 7.54. The van der Waals surface area contributed by atoms with Gasteiger partial charge in [-0.3, -0.25) is 4.79 Å². The molecule has 0 aliphatic carbocycles. The van der Waals surface area contributed by atoms with Crippen molar-refractivity contribution < 1.29 is 29.0 Å². The van der Waals surface area contributed by atoms with Crippen molar-refractivity contribution in [3.63, 3.8) is 0 Å². The summed E-state index contributed by atoms with van der Waals surface area (Å²) >= 11 is 1.05. The first kappa shape index (κ1) is 18.2. The Morgan fingerprint density at radius 3 is 2.44 bits per heavy atom. The van der Waals surface area contributed by atoms with E-state index in [0.29, 0.717) is 10.7 Å². The SMILES string of the molecule is O=C1NC(=Nc2cc(C(=O)O)cc(C(=O)O)c2)S/C1=C\C=C\c1ccco1. The van der Waals surface area contributed by atoms with Crippen LogP contribution >= 0.6 is 11.8 Å². The topological polar surface area (TPSA) is 129 Å². The molecule has 0 spiro atoms. The molecule has 1 aliphatic rings. The monoisotopic (exact) mass is 384 g/mol. The third-order valence-electron chi connectivity index (χ3n) is 3.34. The molecule has 136 valence electrons. The van der Waals surface area contributed by atoms with Crippen molar-refractivity contribution in [2.75, 3.05) is 0 Å². The van der Waals surface area contributed by atoms with Crippen LogP contribution in [-0.2, 0) is 4.79 Å². The van der Waals surface area contributed by atoms with Gasteiger partial charge in [0.1, 0.15) is 5.76 Å². The molecule has 1 fully saturated rings. The van der Waals surface area contributed by atoms with E-state index in [1.54, 1.807) is 30.4 Å². The minimum absolute atomic E-state index is 0.113. The highest BCUT2D eigenvalue weighted by Gasteiger charge is 2.23. The first-order chi connectivity index (χ1) is 12.9. The summed E-state index contributed by atoms with van der Waals surface area (Å²) in [7, 11) is 0. The number of furan rings is 1. The maximum atomic E-state index is 12.0. The standard InChI is InChI=1S/C18H12N2O6S/c21-15-14(5-1-3-13-4-2-6-26-13)27-18(20-15)19-12-8-10(16(22)23)7-11(9-12)17(24)25/h1-9H,(H,22,23)(H,24,25)(H,19,20,21)/b3-1+,14-5-. The molecular formula is C18H12N2O6S. The van der Waals surface area contributed by atoms with Crippen molar-refractivity contribution in [2.45, 2.75) is 0 Å². The largest absolute Gasteiger partial charge is 0.478 e. The highest BCUT2D eigenvalue weighted by molar-refractivity contribution is 8.18. The molecule has 1 aliphatic heterocycles. The molecule has 3 rings (SSSR count). The number of allylic oxidation sites excluding steroid dienone is 2. The van der Waals surface area contributed by atoms with Crippen molar-refractivity contribution in [2.24, 2.45) is 4.99 Å². The average molecular weight is 384 g/mol. The van der Waals surface area contributed by atoms with E-state index < -0.39 is 11.9 Å². The fraction of sp³-hybridized carbons (Fsp3) is 0. The molecule has 27 heavy (non-hydrogen) atoms. The van der Waals surface area contributed by atoms with Crippen LogP contribution in [0.25, 0.3) is 6.08 Å². The quantitative estimate of drug-likeness (QED) is 0.675. The summed E-state index contributed by atoms with van der Waals surface area (Å²) in [5.74, 6) is -2.27. The van der Waals surface area contributed by atoms with Crippen LogP contribution in [0.5, 0.6) is 0 Å². The van der Waals surface area contributed by atoms with Crippen LogP contribution in [0.2, 0.25) is 0 Å². The van der Waals surface area contributed by atoms with Crippen molar-refractivity contribution in [3.05, 3.63) is 70.5 Å². The van der Waals surface area contributed by atoms with Gasteiger partial charge in [0.05, 0.1) is 28.0 Å². The number of thioether (sulfide) groups is 1. The van der Waals surface area contributed by atoms with Gasteiger partial charge in [-0.05, 0) is 54.2 Å². The molecule has 9 heteroatoms. The lowest BCUT2D eigenvalue weighted by Gasteiger charge is -2.02. The zero-order valence-corrected chi connectivity index (χ0v) is 14.4. The molecule has 0 radical (unpaired) electrons. The average Bonchev–Trinajstić information content (AvgIpc) is 3.25. The highest BCUT2D eigenvalue weighted by Crippen LogP contribution is 2.27. The Bertz CT molecular complexity index is 973. The van der Waals surface area contributed by atoms with Crippen molar-refractivity contribution in [1.29, 1.82) is 0 Å². The summed E-state index contributed by atoms with van der Waals surface area (Å²) in [4.78, 5) is 38.8.